The van der Waals surface area contributed by atoms with Gasteiger partial charge in [0.1, 0.15) is 31.0 Å². The van der Waals surface area contributed by atoms with E-state index in [-0.39, 0.29) is 44.0 Å². The summed E-state index contributed by atoms with van der Waals surface area (Å²) in [4.78, 5) is -2.66. The molecule has 0 saturated carbocycles. The zero-order chi connectivity index (χ0) is 40.8. The van der Waals surface area contributed by atoms with Crippen molar-refractivity contribution in [3.63, 3.8) is 0 Å². The highest BCUT2D eigenvalue weighted by molar-refractivity contribution is 7.86. The second kappa shape index (κ2) is 14.6. The number of nitrogens with zero attached hydrogens (tertiary/aromatic N) is 4. The van der Waals surface area contributed by atoms with Crippen molar-refractivity contribution in [1.29, 1.82) is 0 Å². The van der Waals surface area contributed by atoms with E-state index < -0.39 is 82.9 Å². The highest BCUT2D eigenvalue weighted by Gasteiger charge is 2.22. The van der Waals surface area contributed by atoms with Gasteiger partial charge in [-0.15, -0.1) is 10.2 Å². The zero-order valence-corrected chi connectivity index (χ0v) is 31.0. The SMILES string of the molecule is O=S(=O)(O)c1cc(N=Nc2cc(S(=O)(=O)O)c3ccccc3c2O)ccc1/C=C/c1ccc(N=Nc2cc(S(=O)(=O)O)c3ccccc3c2O)cc1S(=O)(=O)O. The van der Waals surface area contributed by atoms with E-state index in [0.29, 0.717) is 0 Å². The third-order valence-electron chi connectivity index (χ3n) is 8.01. The van der Waals surface area contributed by atoms with Crippen LogP contribution in [0.2, 0.25) is 0 Å². The Morgan fingerprint density at radius 1 is 0.393 bits per heavy atom. The van der Waals surface area contributed by atoms with Gasteiger partial charge >= 0.3 is 0 Å². The second-order valence-corrected chi connectivity index (χ2v) is 17.2. The van der Waals surface area contributed by atoms with Crippen LogP contribution in [0.3, 0.4) is 0 Å². The van der Waals surface area contributed by atoms with Crippen molar-refractivity contribution in [2.24, 2.45) is 20.5 Å². The molecule has 18 nitrogen and oxygen atoms in total. The predicted molar refractivity (Wildman–Crippen MR) is 201 cm³/mol. The molecule has 288 valence electrons. The van der Waals surface area contributed by atoms with Crippen LogP contribution in [0.5, 0.6) is 11.5 Å². The first-order valence-corrected chi connectivity index (χ1v) is 21.1. The van der Waals surface area contributed by atoms with Crippen LogP contribution < -0.4 is 0 Å². The third-order valence-corrected chi connectivity index (χ3v) is 11.6. The van der Waals surface area contributed by atoms with E-state index in [1.165, 1.54) is 60.7 Å². The van der Waals surface area contributed by atoms with Crippen LogP contribution in [0.1, 0.15) is 11.1 Å². The summed E-state index contributed by atoms with van der Waals surface area (Å²) in [6, 6.07) is 19.5. The maximum atomic E-state index is 12.4. The topological polar surface area (TPSA) is 307 Å². The number of aromatic hydroxyl groups is 2. The maximum Gasteiger partial charge on any atom is 0.295 e. The number of phenols is 2. The number of hydrogen-bond acceptors (Lipinski definition) is 14. The average molecular weight is 841 g/mol. The number of hydrogen-bond donors (Lipinski definition) is 6. The second-order valence-electron chi connectivity index (χ2n) is 11.7. The van der Waals surface area contributed by atoms with Crippen LogP contribution >= 0.6 is 0 Å². The Labute approximate surface area is 317 Å². The Morgan fingerprint density at radius 3 is 1.04 bits per heavy atom. The van der Waals surface area contributed by atoms with E-state index in [1.807, 2.05) is 0 Å². The molecule has 0 unspecified atom stereocenters. The van der Waals surface area contributed by atoms with Crippen LogP contribution in [0.4, 0.5) is 22.7 Å². The van der Waals surface area contributed by atoms with E-state index in [0.717, 1.165) is 48.6 Å². The number of azo groups is 2. The highest BCUT2D eigenvalue weighted by atomic mass is 32.2. The summed E-state index contributed by atoms with van der Waals surface area (Å²) < 4.78 is 137. The van der Waals surface area contributed by atoms with Crippen molar-refractivity contribution in [2.45, 2.75) is 19.6 Å². The first-order chi connectivity index (χ1) is 26.1. The minimum atomic E-state index is -5.00. The van der Waals surface area contributed by atoms with Crippen molar-refractivity contribution < 1.29 is 62.1 Å². The molecule has 0 bridgehead atoms. The lowest BCUT2D eigenvalue weighted by molar-refractivity contribution is 0.477. The van der Waals surface area contributed by atoms with E-state index >= 15 is 0 Å². The molecule has 6 aromatic rings. The largest absolute Gasteiger partial charge is 0.505 e. The Hall–Kier alpha value is -5.98. The molecule has 56 heavy (non-hydrogen) atoms. The summed E-state index contributed by atoms with van der Waals surface area (Å²) in [6.45, 7) is 0. The molecule has 22 heteroatoms. The average Bonchev–Trinajstić information content (AvgIpc) is 3.12. The number of fused-ring (bicyclic) bond motifs is 2. The molecule has 0 amide bonds. The fourth-order valence-electron chi connectivity index (χ4n) is 5.50. The molecular weight excluding hydrogens is 817 g/mol. The van der Waals surface area contributed by atoms with E-state index in [1.54, 1.807) is 0 Å². The summed E-state index contributed by atoms with van der Waals surface area (Å²) in [6.07, 6.45) is 2.15. The van der Waals surface area contributed by atoms with E-state index in [2.05, 4.69) is 20.5 Å². The fraction of sp³-hybridized carbons (Fsp3) is 0. The minimum Gasteiger partial charge on any atom is -0.505 e. The van der Waals surface area contributed by atoms with Crippen molar-refractivity contribution in [3.8, 4) is 11.5 Å². The third kappa shape index (κ3) is 8.31. The Kier molecular flexibility index (Phi) is 10.3. The standard InChI is InChI=1S/C34H24N4O14S4/c39-33-25-7-3-1-5-23(25)31(55(47,48)49)17-27(33)37-35-21-13-11-19(29(15-21)53(41,42)43)9-10-20-12-14-22(16-30(20)54(44,45)46)36-38-28-18-32(56(50,51)52)24-6-2-4-8-26(24)34(28)40/h1-18,39-40H,(H,41,42,43)(H,44,45,46)(H,47,48,49)(H,50,51,52)/b10-9+,37-35?,38-36?. The zero-order valence-electron chi connectivity index (χ0n) is 27.8. The summed E-state index contributed by atoms with van der Waals surface area (Å²) in [7, 11) is -19.6. The van der Waals surface area contributed by atoms with Gasteiger partial charge in [-0.2, -0.15) is 43.9 Å². The summed E-state index contributed by atoms with van der Waals surface area (Å²) >= 11 is 0. The number of benzene rings is 6. The fourth-order valence-corrected chi connectivity index (χ4v) is 8.34. The smallest absolute Gasteiger partial charge is 0.295 e. The molecule has 0 aliphatic heterocycles. The highest BCUT2D eigenvalue weighted by Crippen LogP contribution is 2.41. The van der Waals surface area contributed by atoms with Gasteiger partial charge in [0.05, 0.1) is 11.4 Å². The van der Waals surface area contributed by atoms with Crippen molar-refractivity contribution in [3.05, 3.63) is 108 Å². The lowest BCUT2D eigenvalue weighted by atomic mass is 10.1. The predicted octanol–water partition coefficient (Wildman–Crippen LogP) is 7.39. The molecule has 0 aliphatic rings. The van der Waals surface area contributed by atoms with E-state index in [4.69, 9.17) is 0 Å². The van der Waals surface area contributed by atoms with Crippen LogP contribution in [0.25, 0.3) is 33.7 Å². The van der Waals surface area contributed by atoms with Gasteiger partial charge in [0.15, 0.2) is 11.5 Å². The molecule has 0 radical (unpaired) electrons. The molecule has 0 spiro atoms. The molecule has 6 N–H and O–H groups in total. The molecule has 0 heterocycles. The lowest BCUT2D eigenvalue weighted by Gasteiger charge is -2.09. The van der Waals surface area contributed by atoms with Crippen molar-refractivity contribution in [2.75, 3.05) is 0 Å². The normalized spacial score (nSPS) is 13.1. The number of rotatable bonds is 10. The summed E-state index contributed by atoms with van der Waals surface area (Å²) in [5.41, 5.74) is -1.67. The first kappa shape index (κ1) is 39.7. The molecule has 0 atom stereocenters. The molecule has 0 aliphatic carbocycles. The van der Waals surface area contributed by atoms with E-state index in [9.17, 15) is 62.1 Å². The minimum absolute atomic E-state index is 0.00870. The van der Waals surface area contributed by atoms with Crippen molar-refractivity contribution >= 4 is 96.9 Å². The van der Waals surface area contributed by atoms with Gasteiger partial charge in [0.2, 0.25) is 0 Å². The quantitative estimate of drug-likeness (QED) is 0.0445. The lowest BCUT2D eigenvalue weighted by Crippen LogP contribution is -2.01. The van der Waals surface area contributed by atoms with Gasteiger partial charge in [0.25, 0.3) is 40.5 Å². The first-order valence-electron chi connectivity index (χ1n) is 15.3. The van der Waals surface area contributed by atoms with Gasteiger partial charge in [-0.05, 0) is 47.5 Å². The molecule has 6 aromatic carbocycles. The van der Waals surface area contributed by atoms with Crippen LogP contribution in [0.15, 0.2) is 137 Å². The number of phenolic OH excluding ortho intramolecular Hbond substituents is 2. The van der Waals surface area contributed by atoms with Crippen LogP contribution in [-0.4, -0.2) is 62.1 Å². The van der Waals surface area contributed by atoms with Crippen LogP contribution in [0, 0.1) is 0 Å². The van der Waals surface area contributed by atoms with Gasteiger partial charge in [0, 0.05) is 21.5 Å². The Bertz CT molecular complexity index is 2950. The van der Waals surface area contributed by atoms with Gasteiger partial charge in [-0.3, -0.25) is 18.2 Å². The van der Waals surface area contributed by atoms with Gasteiger partial charge in [-0.1, -0.05) is 72.8 Å². The monoisotopic (exact) mass is 840 g/mol. The Morgan fingerprint density at radius 2 is 0.714 bits per heavy atom. The summed E-state index contributed by atoms with van der Waals surface area (Å²) in [5, 5.41) is 36.7. The summed E-state index contributed by atoms with van der Waals surface area (Å²) in [5.74, 6) is -1.02. The Balaban J connectivity index is 1.35. The maximum absolute atomic E-state index is 12.4. The molecular formula is C34H24N4O14S4. The molecule has 0 saturated heterocycles. The molecule has 6 rings (SSSR count). The van der Waals surface area contributed by atoms with Crippen molar-refractivity contribution in [1.82, 2.24) is 0 Å². The molecule has 0 fully saturated rings. The molecule has 0 aromatic heterocycles. The van der Waals surface area contributed by atoms with Gasteiger partial charge in [-0.25, -0.2) is 0 Å². The van der Waals surface area contributed by atoms with Gasteiger partial charge < -0.3 is 10.2 Å². The van der Waals surface area contributed by atoms with Crippen LogP contribution in [-0.2, 0) is 40.5 Å².